The third-order valence-electron chi connectivity index (χ3n) is 5.86. The molecular weight excluding hydrogens is 572 g/mol. The second-order valence-corrected chi connectivity index (χ2v) is 9.50. The van der Waals surface area contributed by atoms with Crippen LogP contribution >= 0.6 is 0 Å². The first-order valence-electron chi connectivity index (χ1n) is 13.8. The molecule has 0 spiro atoms. The number of ether oxygens (including phenoxy) is 6. The molecule has 0 radical (unpaired) electrons. The van der Waals surface area contributed by atoms with E-state index in [9.17, 15) is 19.2 Å². The number of carbonyl (C=O) groups is 4. The molecule has 0 atom stereocenters. The Morgan fingerprint density at radius 2 is 1.02 bits per heavy atom. The van der Waals surface area contributed by atoms with Crippen LogP contribution in [0.15, 0.2) is 72.8 Å². The van der Waals surface area contributed by atoms with Crippen molar-refractivity contribution in [1.82, 2.24) is 10.6 Å². The van der Waals surface area contributed by atoms with Crippen LogP contribution in [0.25, 0.3) is 21.5 Å². The summed E-state index contributed by atoms with van der Waals surface area (Å²) in [5.74, 6) is -0.447. The second-order valence-electron chi connectivity index (χ2n) is 9.50. The number of fused-ring (bicyclic) bond motifs is 2. The lowest BCUT2D eigenvalue weighted by Crippen LogP contribution is -2.31. The lowest BCUT2D eigenvalue weighted by Gasteiger charge is -2.14. The van der Waals surface area contributed by atoms with E-state index in [1.165, 1.54) is 0 Å². The van der Waals surface area contributed by atoms with Gasteiger partial charge in [0.05, 0.1) is 26.4 Å². The van der Waals surface area contributed by atoms with Gasteiger partial charge in [-0.05, 0) is 48.9 Å². The molecule has 234 valence electrons. The molecule has 3 rings (SSSR count). The van der Waals surface area contributed by atoms with Crippen LogP contribution in [0.3, 0.4) is 0 Å². The highest BCUT2D eigenvalue weighted by Crippen LogP contribution is 2.36. The highest BCUT2D eigenvalue weighted by atomic mass is 16.6. The predicted molar refractivity (Wildman–Crippen MR) is 163 cm³/mol. The Bertz CT molecular complexity index is 1410. The molecule has 0 bridgehead atoms. The van der Waals surface area contributed by atoms with Crippen molar-refractivity contribution in [3.8, 4) is 11.5 Å². The first-order chi connectivity index (χ1) is 21.2. The molecule has 0 saturated heterocycles. The van der Waals surface area contributed by atoms with Gasteiger partial charge in [0.25, 0.3) is 0 Å². The maximum Gasteiger partial charge on any atom is 0.412 e. The molecule has 44 heavy (non-hydrogen) atoms. The van der Waals surface area contributed by atoms with Crippen molar-refractivity contribution in [3.05, 3.63) is 72.8 Å². The predicted octanol–water partition coefficient (Wildman–Crippen LogP) is 4.44. The number of esters is 2. The van der Waals surface area contributed by atoms with Crippen molar-refractivity contribution in [2.24, 2.45) is 0 Å². The van der Waals surface area contributed by atoms with Crippen molar-refractivity contribution in [2.45, 2.75) is 13.8 Å². The number of nitrogens with one attached hydrogen (secondary N) is 2. The lowest BCUT2D eigenvalue weighted by atomic mass is 10.0. The van der Waals surface area contributed by atoms with Crippen LogP contribution in [-0.4, -0.2) is 76.9 Å². The van der Waals surface area contributed by atoms with Crippen molar-refractivity contribution in [3.63, 3.8) is 0 Å². The van der Waals surface area contributed by atoms with Gasteiger partial charge >= 0.3 is 24.1 Å². The van der Waals surface area contributed by atoms with Crippen molar-refractivity contribution in [1.29, 1.82) is 0 Å². The van der Waals surface area contributed by atoms with E-state index in [1.807, 2.05) is 36.4 Å². The average Bonchev–Trinajstić information content (AvgIpc) is 3.00. The fraction of sp³-hybridized carbons (Fsp3) is 0.312. The molecule has 0 aliphatic rings. The fourth-order valence-corrected chi connectivity index (χ4v) is 3.72. The Hall–Kier alpha value is -4.94. The molecule has 3 aromatic rings. The summed E-state index contributed by atoms with van der Waals surface area (Å²) in [7, 11) is 0. The van der Waals surface area contributed by atoms with E-state index >= 15 is 0 Å². The van der Waals surface area contributed by atoms with E-state index < -0.39 is 24.1 Å². The summed E-state index contributed by atoms with van der Waals surface area (Å²) in [4.78, 5) is 47.7. The van der Waals surface area contributed by atoms with Gasteiger partial charge in [-0.1, -0.05) is 37.4 Å². The van der Waals surface area contributed by atoms with Crippen LogP contribution < -0.4 is 20.1 Å². The topological polar surface area (TPSA) is 148 Å². The number of carbonyl (C=O) groups excluding carboxylic acids is 4. The van der Waals surface area contributed by atoms with Gasteiger partial charge in [-0.25, -0.2) is 19.2 Å². The van der Waals surface area contributed by atoms with E-state index in [2.05, 4.69) is 23.8 Å². The molecule has 12 heteroatoms. The van der Waals surface area contributed by atoms with Gasteiger partial charge in [-0.3, -0.25) is 0 Å². The van der Waals surface area contributed by atoms with E-state index in [4.69, 9.17) is 28.4 Å². The minimum absolute atomic E-state index is 0.0745. The first kappa shape index (κ1) is 33.6. The van der Waals surface area contributed by atoms with Gasteiger partial charge in [-0.2, -0.15) is 0 Å². The molecule has 3 aromatic carbocycles. The number of hydrogen-bond acceptors (Lipinski definition) is 10. The third-order valence-corrected chi connectivity index (χ3v) is 5.86. The number of amides is 2. The van der Waals surface area contributed by atoms with Gasteiger partial charge in [0.1, 0.15) is 24.7 Å². The van der Waals surface area contributed by atoms with Gasteiger partial charge < -0.3 is 39.1 Å². The van der Waals surface area contributed by atoms with Gasteiger partial charge in [0.15, 0.2) is 0 Å². The van der Waals surface area contributed by atoms with Crippen molar-refractivity contribution in [2.75, 3.05) is 52.7 Å². The summed E-state index contributed by atoms with van der Waals surface area (Å²) in [5.41, 5.74) is 0.605. The summed E-state index contributed by atoms with van der Waals surface area (Å²) in [6.45, 7) is 11.3. The molecule has 0 fully saturated rings. The Kier molecular flexibility index (Phi) is 13.2. The number of rotatable bonds is 16. The molecule has 0 unspecified atom stereocenters. The number of benzene rings is 3. The van der Waals surface area contributed by atoms with Crippen LogP contribution in [0.1, 0.15) is 13.8 Å². The van der Waals surface area contributed by atoms with Crippen LogP contribution in [0.4, 0.5) is 9.59 Å². The van der Waals surface area contributed by atoms with E-state index in [0.29, 0.717) is 21.9 Å². The van der Waals surface area contributed by atoms with Crippen molar-refractivity contribution < 1.29 is 47.6 Å². The van der Waals surface area contributed by atoms with Gasteiger partial charge in [0.2, 0.25) is 0 Å². The highest BCUT2D eigenvalue weighted by Gasteiger charge is 2.15. The number of hydrogen-bond donors (Lipinski definition) is 2. The van der Waals surface area contributed by atoms with Gasteiger partial charge in [0, 0.05) is 35.0 Å². The monoisotopic (exact) mass is 608 g/mol. The normalized spacial score (nSPS) is 10.6. The molecule has 0 saturated carbocycles. The van der Waals surface area contributed by atoms with Crippen LogP contribution in [0, 0.1) is 0 Å². The maximum atomic E-state index is 12.5. The highest BCUT2D eigenvalue weighted by molar-refractivity contribution is 6.04. The minimum atomic E-state index is -0.697. The first-order valence-corrected chi connectivity index (χ1v) is 13.8. The standard InChI is InChI=1S/C32H36N2O10/c1-21(2)29(35)41-17-15-39-13-11-33-31(37)43-27-9-10-28(26-20-24-8-6-5-7-23(24)19-25(26)27)44-32(38)34-12-14-40-16-18-42-30(36)22(3)4/h5-10,19-20H,1,3,11-18H2,2,4H3,(H,33,37)(H,34,38). The smallest absolute Gasteiger partial charge is 0.412 e. The maximum absolute atomic E-state index is 12.5. The van der Waals surface area contributed by atoms with Crippen molar-refractivity contribution >= 4 is 45.7 Å². The van der Waals surface area contributed by atoms with Gasteiger partial charge in [-0.15, -0.1) is 0 Å². The summed E-state index contributed by atoms with van der Waals surface area (Å²) in [6.07, 6.45) is -1.39. The average molecular weight is 609 g/mol. The SMILES string of the molecule is C=C(C)C(=O)OCCOCCNC(=O)Oc1ccc(OC(=O)NCCOCCOC(=O)C(=C)C)c2cc3ccccc3cc12. The van der Waals surface area contributed by atoms with Crippen LogP contribution in [0.5, 0.6) is 11.5 Å². The molecule has 0 aliphatic heterocycles. The molecule has 2 N–H and O–H groups in total. The Balaban J connectivity index is 1.54. The fourth-order valence-electron chi connectivity index (χ4n) is 3.72. The van der Waals surface area contributed by atoms with E-state index in [0.717, 1.165) is 10.8 Å². The Morgan fingerprint density at radius 1 is 0.614 bits per heavy atom. The zero-order chi connectivity index (χ0) is 31.9. The zero-order valence-corrected chi connectivity index (χ0v) is 24.8. The van der Waals surface area contributed by atoms with Crippen LogP contribution in [-0.2, 0) is 28.5 Å². The van der Waals surface area contributed by atoms with E-state index in [-0.39, 0.29) is 64.2 Å². The Labute approximate surface area is 254 Å². The zero-order valence-electron chi connectivity index (χ0n) is 24.8. The molecule has 2 amide bonds. The summed E-state index contributed by atoms with van der Waals surface area (Å²) >= 11 is 0. The molecule has 0 aliphatic carbocycles. The van der Waals surface area contributed by atoms with E-state index in [1.54, 1.807) is 26.0 Å². The molecule has 0 aromatic heterocycles. The molecular formula is C32H36N2O10. The van der Waals surface area contributed by atoms with Crippen LogP contribution in [0.2, 0.25) is 0 Å². The second kappa shape index (κ2) is 17.2. The quantitative estimate of drug-likeness (QED) is 0.103. The molecule has 0 heterocycles. The summed E-state index contributed by atoms with van der Waals surface area (Å²) < 4.78 is 31.7. The molecule has 12 nitrogen and oxygen atoms in total. The summed E-state index contributed by atoms with van der Waals surface area (Å²) in [6, 6.07) is 14.4. The minimum Gasteiger partial charge on any atom is -0.460 e. The third kappa shape index (κ3) is 10.7. The Morgan fingerprint density at radius 3 is 1.41 bits per heavy atom. The lowest BCUT2D eigenvalue weighted by molar-refractivity contribution is -0.141. The largest absolute Gasteiger partial charge is 0.460 e. The summed E-state index contributed by atoms with van der Waals surface area (Å²) in [5, 5.41) is 8.14.